The molecule has 0 saturated carbocycles. The summed E-state index contributed by atoms with van der Waals surface area (Å²) in [5.74, 6) is 0.532. The number of pyridine rings is 2. The molecule has 0 bridgehead atoms. The highest BCUT2D eigenvalue weighted by molar-refractivity contribution is 6.29. The van der Waals surface area contributed by atoms with Gasteiger partial charge in [0.1, 0.15) is 16.5 Å². The van der Waals surface area contributed by atoms with Gasteiger partial charge in [0.2, 0.25) is 0 Å². The Labute approximate surface area is 131 Å². The first-order valence-corrected chi connectivity index (χ1v) is 7.06. The number of hydrogen-bond donors (Lipinski definition) is 0. The lowest BCUT2D eigenvalue weighted by molar-refractivity contribution is 1.11. The van der Waals surface area contributed by atoms with Crippen LogP contribution in [0.4, 0.5) is 0 Å². The van der Waals surface area contributed by atoms with Gasteiger partial charge in [-0.2, -0.15) is 0 Å². The van der Waals surface area contributed by atoms with Crippen LogP contribution in [0.1, 0.15) is 0 Å². The van der Waals surface area contributed by atoms with Crippen LogP contribution in [0, 0.1) is 0 Å². The number of halogens is 1. The highest BCUT2D eigenvalue weighted by Crippen LogP contribution is 2.24. The van der Waals surface area contributed by atoms with Gasteiger partial charge in [-0.3, -0.25) is 9.38 Å². The largest absolute Gasteiger partial charge is 0.297 e. The highest BCUT2D eigenvalue weighted by atomic mass is 35.5. The van der Waals surface area contributed by atoms with E-state index in [2.05, 4.69) is 19.9 Å². The molecule has 6 heteroatoms. The number of aromatic nitrogens is 5. The Hall–Kier alpha value is -2.79. The lowest BCUT2D eigenvalue weighted by Gasteiger charge is -2.05. The van der Waals surface area contributed by atoms with Crippen LogP contribution in [0.2, 0.25) is 5.15 Å². The molecule has 0 aliphatic heterocycles. The molecule has 0 aliphatic carbocycles. The predicted molar refractivity (Wildman–Crippen MR) is 84.5 cm³/mol. The molecule has 4 aromatic heterocycles. The van der Waals surface area contributed by atoms with Gasteiger partial charge in [-0.25, -0.2) is 15.0 Å². The SMILES string of the molecule is Clc1cc(-c2cccnc2)nc(-c2cnc3ccccn23)n1. The van der Waals surface area contributed by atoms with Gasteiger partial charge in [-0.05, 0) is 24.3 Å². The third kappa shape index (κ3) is 2.21. The summed E-state index contributed by atoms with van der Waals surface area (Å²) >= 11 is 6.17. The minimum Gasteiger partial charge on any atom is -0.297 e. The zero-order chi connectivity index (χ0) is 14.9. The van der Waals surface area contributed by atoms with Crippen molar-refractivity contribution in [1.29, 1.82) is 0 Å². The van der Waals surface area contributed by atoms with Crippen LogP contribution in [0.5, 0.6) is 0 Å². The number of hydrogen-bond acceptors (Lipinski definition) is 4. The number of nitrogens with zero attached hydrogens (tertiary/aromatic N) is 5. The van der Waals surface area contributed by atoms with E-state index in [4.69, 9.17) is 11.6 Å². The predicted octanol–water partition coefficient (Wildman–Crippen LogP) is 3.51. The van der Waals surface area contributed by atoms with Crippen molar-refractivity contribution in [2.75, 3.05) is 0 Å². The third-order valence-corrected chi connectivity index (χ3v) is 3.49. The van der Waals surface area contributed by atoms with Crippen LogP contribution in [0.15, 0.2) is 61.2 Å². The van der Waals surface area contributed by atoms with Crippen molar-refractivity contribution >= 4 is 17.2 Å². The molecule has 0 radical (unpaired) electrons. The van der Waals surface area contributed by atoms with E-state index in [9.17, 15) is 0 Å². The Kier molecular flexibility index (Phi) is 3.05. The number of rotatable bonds is 2. The summed E-state index contributed by atoms with van der Waals surface area (Å²) in [6, 6.07) is 11.3. The first kappa shape index (κ1) is 12.9. The van der Waals surface area contributed by atoms with E-state index in [0.29, 0.717) is 11.0 Å². The molecule has 0 saturated heterocycles. The molecular weight excluding hydrogens is 298 g/mol. The second-order valence-corrected chi connectivity index (χ2v) is 5.10. The molecule has 0 unspecified atom stereocenters. The maximum Gasteiger partial charge on any atom is 0.180 e. The molecule has 0 aromatic carbocycles. The molecule has 22 heavy (non-hydrogen) atoms. The summed E-state index contributed by atoms with van der Waals surface area (Å²) in [6.45, 7) is 0. The van der Waals surface area contributed by atoms with Crippen molar-refractivity contribution in [2.45, 2.75) is 0 Å². The zero-order valence-electron chi connectivity index (χ0n) is 11.4. The minimum absolute atomic E-state index is 0.384. The topological polar surface area (TPSA) is 56.0 Å². The number of imidazole rings is 1. The second kappa shape index (κ2) is 5.20. The van der Waals surface area contributed by atoms with Gasteiger partial charge in [-0.1, -0.05) is 17.7 Å². The van der Waals surface area contributed by atoms with Crippen molar-refractivity contribution in [2.24, 2.45) is 0 Å². The second-order valence-electron chi connectivity index (χ2n) is 4.71. The van der Waals surface area contributed by atoms with Crippen molar-refractivity contribution < 1.29 is 0 Å². The summed E-state index contributed by atoms with van der Waals surface area (Å²) in [7, 11) is 0. The van der Waals surface area contributed by atoms with Gasteiger partial charge in [0.05, 0.1) is 11.9 Å². The first-order valence-electron chi connectivity index (χ1n) is 6.69. The Morgan fingerprint density at radius 1 is 1.00 bits per heavy atom. The highest BCUT2D eigenvalue weighted by Gasteiger charge is 2.11. The first-order chi connectivity index (χ1) is 10.8. The van der Waals surface area contributed by atoms with Crippen molar-refractivity contribution in [3.63, 3.8) is 0 Å². The Morgan fingerprint density at radius 3 is 2.82 bits per heavy atom. The van der Waals surface area contributed by atoms with Gasteiger partial charge in [0, 0.05) is 30.2 Å². The van der Waals surface area contributed by atoms with Gasteiger partial charge in [0.15, 0.2) is 5.82 Å². The normalized spacial score (nSPS) is 11.0. The van der Waals surface area contributed by atoms with Crippen molar-refractivity contribution in [3.8, 4) is 22.8 Å². The van der Waals surface area contributed by atoms with E-state index >= 15 is 0 Å². The van der Waals surface area contributed by atoms with Gasteiger partial charge >= 0.3 is 0 Å². The lowest BCUT2D eigenvalue weighted by Crippen LogP contribution is -1.96. The molecule has 0 amide bonds. The molecule has 0 atom stereocenters. The molecule has 5 nitrogen and oxygen atoms in total. The minimum atomic E-state index is 0.384. The van der Waals surface area contributed by atoms with Crippen molar-refractivity contribution in [1.82, 2.24) is 24.3 Å². The van der Waals surface area contributed by atoms with E-state index in [1.807, 2.05) is 40.9 Å². The fourth-order valence-electron chi connectivity index (χ4n) is 2.29. The molecule has 106 valence electrons. The fraction of sp³-hybridized carbons (Fsp3) is 0. The number of fused-ring (bicyclic) bond motifs is 1. The fourth-order valence-corrected chi connectivity index (χ4v) is 2.48. The zero-order valence-corrected chi connectivity index (χ0v) is 12.1. The van der Waals surface area contributed by atoms with E-state index in [1.54, 1.807) is 24.7 Å². The van der Waals surface area contributed by atoms with Crippen molar-refractivity contribution in [3.05, 3.63) is 66.3 Å². The Bertz CT molecular complexity index is 949. The molecule has 0 aliphatic rings. The third-order valence-electron chi connectivity index (χ3n) is 3.30. The van der Waals surface area contributed by atoms with Crippen LogP contribution in [0.3, 0.4) is 0 Å². The smallest absolute Gasteiger partial charge is 0.180 e. The standard InChI is InChI=1S/C16H10ClN5/c17-14-8-12(11-4-3-6-18-9-11)20-16(21-14)13-10-19-15-5-1-2-7-22(13)15/h1-10H. The molecule has 4 heterocycles. The average molecular weight is 308 g/mol. The Morgan fingerprint density at radius 2 is 1.95 bits per heavy atom. The Balaban J connectivity index is 1.91. The molecule has 4 aromatic rings. The maximum absolute atomic E-state index is 6.17. The van der Waals surface area contributed by atoms with Crippen LogP contribution in [0.25, 0.3) is 28.4 Å². The van der Waals surface area contributed by atoms with E-state index in [0.717, 1.165) is 22.6 Å². The molecule has 4 rings (SSSR count). The monoisotopic (exact) mass is 307 g/mol. The molecule has 0 N–H and O–H groups in total. The molecule has 0 spiro atoms. The van der Waals surface area contributed by atoms with Crippen LogP contribution in [-0.4, -0.2) is 24.3 Å². The van der Waals surface area contributed by atoms with Gasteiger partial charge in [-0.15, -0.1) is 0 Å². The quantitative estimate of drug-likeness (QED) is 0.532. The lowest BCUT2D eigenvalue weighted by atomic mass is 10.2. The summed E-state index contributed by atoms with van der Waals surface area (Å²) in [5, 5.41) is 0.384. The summed E-state index contributed by atoms with van der Waals surface area (Å²) in [6.07, 6.45) is 7.13. The van der Waals surface area contributed by atoms with Crippen LogP contribution >= 0.6 is 11.6 Å². The molecular formula is C16H10ClN5. The van der Waals surface area contributed by atoms with Crippen LogP contribution < -0.4 is 0 Å². The van der Waals surface area contributed by atoms with Gasteiger partial charge in [0.25, 0.3) is 0 Å². The van der Waals surface area contributed by atoms with Gasteiger partial charge < -0.3 is 0 Å². The summed E-state index contributed by atoms with van der Waals surface area (Å²) < 4.78 is 1.93. The average Bonchev–Trinajstić information content (AvgIpc) is 2.99. The maximum atomic E-state index is 6.17. The van der Waals surface area contributed by atoms with Crippen LogP contribution in [-0.2, 0) is 0 Å². The summed E-state index contributed by atoms with van der Waals surface area (Å²) in [5.41, 5.74) is 3.25. The summed E-state index contributed by atoms with van der Waals surface area (Å²) in [4.78, 5) is 17.4. The molecule has 0 fully saturated rings. The van der Waals surface area contributed by atoms with E-state index in [-0.39, 0.29) is 0 Å². The van der Waals surface area contributed by atoms with E-state index in [1.165, 1.54) is 0 Å². The van der Waals surface area contributed by atoms with E-state index < -0.39 is 0 Å².